The number of nitrogens with two attached hydrogens (primary N) is 1. The van der Waals surface area contributed by atoms with Gasteiger partial charge >= 0.3 is 14.0 Å². The van der Waals surface area contributed by atoms with Gasteiger partial charge in [0.05, 0.1) is 30.0 Å². The SMILES string of the molecule is C/C(=N\OCc1ccc(-c2cccc(C(F)(F)F)c2)cc1)c1ccc(CCC(N)(CO)COP(=O)(O)O)cc1. The van der Waals surface area contributed by atoms with E-state index < -0.39 is 38.3 Å². The van der Waals surface area contributed by atoms with Gasteiger partial charge in [-0.2, -0.15) is 13.2 Å². The van der Waals surface area contributed by atoms with Crippen LogP contribution in [0, 0.1) is 0 Å². The van der Waals surface area contributed by atoms with Crippen molar-refractivity contribution in [3.63, 3.8) is 0 Å². The molecule has 0 heterocycles. The third-order valence-electron chi connectivity index (χ3n) is 6.03. The Morgan fingerprint density at radius 3 is 2.21 bits per heavy atom. The van der Waals surface area contributed by atoms with Crippen molar-refractivity contribution in [2.75, 3.05) is 13.2 Å². The average Bonchev–Trinajstić information content (AvgIpc) is 2.90. The number of alkyl halides is 3. The van der Waals surface area contributed by atoms with E-state index in [1.807, 2.05) is 24.3 Å². The van der Waals surface area contributed by atoms with Gasteiger partial charge < -0.3 is 25.5 Å². The molecule has 0 saturated heterocycles. The van der Waals surface area contributed by atoms with Gasteiger partial charge in [-0.15, -0.1) is 0 Å². The van der Waals surface area contributed by atoms with Gasteiger partial charge in [0.1, 0.15) is 6.61 Å². The average molecular weight is 567 g/mol. The van der Waals surface area contributed by atoms with Crippen molar-refractivity contribution in [3.05, 3.63) is 95.1 Å². The van der Waals surface area contributed by atoms with Gasteiger partial charge in [0.2, 0.25) is 0 Å². The maximum Gasteiger partial charge on any atom is 0.469 e. The van der Waals surface area contributed by atoms with E-state index in [0.29, 0.717) is 23.3 Å². The first kappa shape index (κ1) is 30.5. The van der Waals surface area contributed by atoms with Crippen LogP contribution in [0.1, 0.15) is 35.6 Å². The maximum atomic E-state index is 13.0. The molecule has 0 saturated carbocycles. The number of phosphoric acid groups is 1. The molecule has 0 aromatic heterocycles. The molecule has 0 aliphatic carbocycles. The lowest BCUT2D eigenvalue weighted by Crippen LogP contribution is -2.48. The van der Waals surface area contributed by atoms with Gasteiger partial charge in [0.15, 0.2) is 0 Å². The van der Waals surface area contributed by atoms with Crippen LogP contribution in [0.2, 0.25) is 0 Å². The lowest BCUT2D eigenvalue weighted by Gasteiger charge is -2.27. The highest BCUT2D eigenvalue weighted by Gasteiger charge is 2.30. The number of aryl methyl sites for hydroxylation is 1. The second kappa shape index (κ2) is 12.9. The van der Waals surface area contributed by atoms with Gasteiger partial charge in [-0.1, -0.05) is 65.8 Å². The van der Waals surface area contributed by atoms with Crippen molar-refractivity contribution < 1.29 is 42.0 Å². The van der Waals surface area contributed by atoms with E-state index in [1.54, 1.807) is 37.3 Å². The number of oxime groups is 1. The Bertz CT molecular complexity index is 1310. The third kappa shape index (κ3) is 9.58. The molecular formula is C27H30F3N2O6P. The van der Waals surface area contributed by atoms with Crippen molar-refractivity contribution in [3.8, 4) is 11.1 Å². The van der Waals surface area contributed by atoms with E-state index in [1.165, 1.54) is 6.07 Å². The summed E-state index contributed by atoms with van der Waals surface area (Å²) in [6.45, 7) is 0.974. The van der Waals surface area contributed by atoms with Gasteiger partial charge in [-0.3, -0.25) is 4.52 Å². The van der Waals surface area contributed by atoms with Gasteiger partial charge in [0, 0.05) is 0 Å². The number of halogens is 3. The molecular weight excluding hydrogens is 536 g/mol. The molecule has 5 N–H and O–H groups in total. The van der Waals surface area contributed by atoms with Gasteiger partial charge in [-0.25, -0.2) is 4.57 Å². The molecule has 39 heavy (non-hydrogen) atoms. The van der Waals surface area contributed by atoms with E-state index >= 15 is 0 Å². The van der Waals surface area contributed by atoms with E-state index in [2.05, 4.69) is 9.68 Å². The molecule has 0 bridgehead atoms. The van der Waals surface area contributed by atoms with Crippen LogP contribution in [0.4, 0.5) is 13.2 Å². The summed E-state index contributed by atoms with van der Waals surface area (Å²) in [7, 11) is -4.69. The monoisotopic (exact) mass is 566 g/mol. The molecule has 12 heteroatoms. The first-order chi connectivity index (χ1) is 18.3. The number of aliphatic hydroxyl groups is 1. The van der Waals surface area contributed by atoms with E-state index in [-0.39, 0.29) is 13.0 Å². The molecule has 0 aliphatic rings. The maximum absolute atomic E-state index is 13.0. The first-order valence-electron chi connectivity index (χ1n) is 11.9. The lowest BCUT2D eigenvalue weighted by atomic mass is 9.93. The molecule has 1 atom stereocenters. The van der Waals surface area contributed by atoms with Crippen LogP contribution in [-0.2, 0) is 33.1 Å². The molecule has 0 spiro atoms. The van der Waals surface area contributed by atoms with Crippen LogP contribution in [-0.4, -0.2) is 39.4 Å². The van der Waals surface area contributed by atoms with E-state index in [9.17, 15) is 22.8 Å². The molecule has 210 valence electrons. The number of nitrogens with zero attached hydrogens (tertiary/aromatic N) is 1. The Labute approximate surface area is 224 Å². The minimum absolute atomic E-state index is 0.175. The predicted octanol–water partition coefficient (Wildman–Crippen LogP) is 5.04. The van der Waals surface area contributed by atoms with Crippen molar-refractivity contribution in [1.82, 2.24) is 0 Å². The molecule has 3 aromatic carbocycles. The van der Waals surface area contributed by atoms with Crippen molar-refractivity contribution >= 4 is 13.5 Å². The lowest BCUT2D eigenvalue weighted by molar-refractivity contribution is -0.137. The van der Waals surface area contributed by atoms with Gasteiger partial charge in [0.25, 0.3) is 0 Å². The highest BCUT2D eigenvalue weighted by atomic mass is 31.2. The smallest absolute Gasteiger partial charge is 0.394 e. The zero-order chi connectivity index (χ0) is 28.7. The minimum atomic E-state index is -4.69. The molecule has 0 amide bonds. The molecule has 0 aliphatic heterocycles. The van der Waals surface area contributed by atoms with Crippen LogP contribution in [0.5, 0.6) is 0 Å². The second-order valence-corrected chi connectivity index (χ2v) is 10.4. The van der Waals surface area contributed by atoms with E-state index in [0.717, 1.165) is 28.8 Å². The van der Waals surface area contributed by atoms with Crippen LogP contribution >= 0.6 is 7.82 Å². The Hall–Kier alpha value is -3.05. The fourth-order valence-electron chi connectivity index (χ4n) is 3.64. The van der Waals surface area contributed by atoms with Crippen molar-refractivity contribution in [2.45, 2.75) is 38.1 Å². The summed E-state index contributed by atoms with van der Waals surface area (Å²) < 4.78 is 54.3. The Morgan fingerprint density at radius 1 is 0.974 bits per heavy atom. The highest BCUT2D eigenvalue weighted by molar-refractivity contribution is 7.46. The summed E-state index contributed by atoms with van der Waals surface area (Å²) >= 11 is 0. The molecule has 3 aromatic rings. The fourth-order valence-corrected chi connectivity index (χ4v) is 4.07. The molecule has 0 radical (unpaired) electrons. The fraction of sp³-hybridized carbons (Fsp3) is 0.296. The Balaban J connectivity index is 1.53. The summed E-state index contributed by atoms with van der Waals surface area (Å²) in [6, 6.07) is 19.5. The molecule has 8 nitrogen and oxygen atoms in total. The standard InChI is InChI=1S/C27H30F3N2O6P/c1-19(22-9-5-20(6-10-22)13-14-26(31,17-33)18-38-39(34,35)36)32-37-16-21-7-11-23(12-8-21)24-3-2-4-25(15-24)27(28,29)30/h2-12,15,33H,13-14,16-18,31H2,1H3,(H2,34,35,36)/b32-19+. The topological polar surface area (TPSA) is 135 Å². The number of hydrogen-bond donors (Lipinski definition) is 4. The largest absolute Gasteiger partial charge is 0.469 e. The van der Waals surface area contributed by atoms with Gasteiger partial charge in [-0.05, 0) is 59.7 Å². The van der Waals surface area contributed by atoms with Crippen molar-refractivity contribution in [1.29, 1.82) is 0 Å². The summed E-state index contributed by atoms with van der Waals surface area (Å²) in [6.07, 6.45) is -3.71. The van der Waals surface area contributed by atoms with Crippen LogP contribution in [0.3, 0.4) is 0 Å². The zero-order valence-corrected chi connectivity index (χ0v) is 22.0. The third-order valence-corrected chi connectivity index (χ3v) is 6.49. The van der Waals surface area contributed by atoms with Crippen LogP contribution in [0.15, 0.2) is 78.0 Å². The van der Waals surface area contributed by atoms with Crippen LogP contribution in [0.25, 0.3) is 11.1 Å². The Morgan fingerprint density at radius 2 is 1.62 bits per heavy atom. The summed E-state index contributed by atoms with van der Waals surface area (Å²) in [4.78, 5) is 23.2. The summed E-state index contributed by atoms with van der Waals surface area (Å²) in [5, 5.41) is 13.7. The number of phosphoric ester groups is 1. The van der Waals surface area contributed by atoms with Crippen LogP contribution < -0.4 is 5.73 Å². The minimum Gasteiger partial charge on any atom is -0.394 e. The quantitative estimate of drug-likeness (QED) is 0.137. The second-order valence-electron chi connectivity index (χ2n) is 9.21. The Kier molecular flexibility index (Phi) is 10.1. The summed E-state index contributed by atoms with van der Waals surface area (Å²) in [5.41, 5.74) is 8.26. The predicted molar refractivity (Wildman–Crippen MR) is 141 cm³/mol. The molecule has 3 rings (SSSR count). The molecule has 1 unspecified atom stereocenters. The number of aliphatic hydroxyl groups excluding tert-OH is 1. The van der Waals surface area contributed by atoms with Crippen molar-refractivity contribution in [2.24, 2.45) is 10.9 Å². The number of hydrogen-bond acceptors (Lipinski definition) is 6. The van der Waals surface area contributed by atoms with E-state index in [4.69, 9.17) is 20.4 Å². The number of rotatable bonds is 12. The molecule has 0 fully saturated rings. The normalized spacial score (nSPS) is 14.2. The number of benzene rings is 3. The summed E-state index contributed by atoms with van der Waals surface area (Å²) in [5.74, 6) is 0. The first-order valence-corrected chi connectivity index (χ1v) is 13.4. The highest BCUT2D eigenvalue weighted by Crippen LogP contribution is 2.37. The zero-order valence-electron chi connectivity index (χ0n) is 21.1.